The Kier molecular flexibility index (Phi) is 3.98. The van der Waals surface area contributed by atoms with E-state index in [-0.39, 0.29) is 38.6 Å². The van der Waals surface area contributed by atoms with E-state index in [1.165, 1.54) is 0 Å². The van der Waals surface area contributed by atoms with E-state index in [1.807, 2.05) is 0 Å². The van der Waals surface area contributed by atoms with Crippen molar-refractivity contribution in [1.82, 2.24) is 0 Å². The van der Waals surface area contributed by atoms with Crippen LogP contribution < -0.4 is 0 Å². The largest absolute Gasteiger partial charge is 0.627 e. The topological polar surface area (TPSA) is 86.6 Å². The van der Waals surface area contributed by atoms with Crippen LogP contribution in [-0.2, 0) is 23.2 Å². The summed E-state index contributed by atoms with van der Waals surface area (Å²) in [5.41, 5.74) is 0. The fourth-order valence-electron chi connectivity index (χ4n) is 1.27. The van der Waals surface area contributed by atoms with Crippen molar-refractivity contribution in [3.8, 4) is 0 Å². The normalized spacial score (nSPS) is 31.6. The molecule has 9 heteroatoms. The van der Waals surface area contributed by atoms with E-state index in [0.29, 0.717) is 0 Å². The summed E-state index contributed by atoms with van der Waals surface area (Å²) >= 11 is 0. The van der Waals surface area contributed by atoms with Crippen LogP contribution in [0.2, 0.25) is 0 Å². The Hall–Kier alpha value is -0.150. The van der Waals surface area contributed by atoms with Crippen molar-refractivity contribution in [2.24, 2.45) is 0 Å². The summed E-state index contributed by atoms with van der Waals surface area (Å²) in [5.74, 6) is 0. The average Bonchev–Trinajstić information content (AvgIpc) is 2.87. The highest BCUT2D eigenvalue weighted by molar-refractivity contribution is 6.52. The molecule has 7 nitrogen and oxygen atoms in total. The smallest absolute Gasteiger partial charge is 0.399 e. The van der Waals surface area contributed by atoms with Gasteiger partial charge >= 0.3 is 14.6 Å². The molecule has 2 aliphatic rings. The second-order valence-corrected chi connectivity index (χ2v) is 3.26. The molecule has 0 spiro atoms. The molecule has 2 heterocycles. The fourth-order valence-corrected chi connectivity index (χ4v) is 1.27. The van der Waals surface area contributed by atoms with Crippen LogP contribution in [-0.4, -0.2) is 63.5 Å². The van der Waals surface area contributed by atoms with Crippen LogP contribution in [0.1, 0.15) is 0 Å². The lowest BCUT2D eigenvalue weighted by Crippen LogP contribution is -2.33. The van der Waals surface area contributed by atoms with Gasteiger partial charge in [-0.1, -0.05) is 0 Å². The van der Waals surface area contributed by atoms with Gasteiger partial charge in [-0.15, -0.1) is 0 Å². The van der Waals surface area contributed by atoms with Gasteiger partial charge in [-0.05, 0) is 0 Å². The van der Waals surface area contributed by atoms with Crippen molar-refractivity contribution in [3.63, 3.8) is 0 Å². The maximum atomic E-state index is 8.77. The molecule has 2 saturated heterocycles. The zero-order valence-corrected chi connectivity index (χ0v) is 8.07. The molecule has 2 rings (SSSR count). The summed E-state index contributed by atoms with van der Waals surface area (Å²) in [7, 11) is -1.77. The van der Waals surface area contributed by atoms with Crippen LogP contribution in [0.4, 0.5) is 0 Å². The average molecular weight is 218 g/mol. The molecular weight excluding hydrogens is 206 g/mol. The van der Waals surface area contributed by atoms with Gasteiger partial charge in [-0.25, -0.2) is 0 Å². The van der Waals surface area contributed by atoms with Crippen molar-refractivity contribution < 1.29 is 33.4 Å². The Morgan fingerprint density at radius 1 is 1.00 bits per heavy atom. The van der Waals surface area contributed by atoms with E-state index in [9.17, 15) is 0 Å². The highest BCUT2D eigenvalue weighted by Crippen LogP contribution is 2.14. The quantitative estimate of drug-likeness (QED) is 0.517. The van der Waals surface area contributed by atoms with Gasteiger partial charge in [0.05, 0.1) is 38.6 Å². The lowest BCUT2D eigenvalue weighted by Gasteiger charge is -2.09. The maximum Gasteiger partial charge on any atom is 0.627 e. The van der Waals surface area contributed by atoms with Gasteiger partial charge in [0.25, 0.3) is 0 Å². The maximum absolute atomic E-state index is 8.77. The van der Waals surface area contributed by atoms with E-state index in [2.05, 4.69) is 0 Å². The minimum Gasteiger partial charge on any atom is -0.399 e. The van der Waals surface area contributed by atoms with Gasteiger partial charge < -0.3 is 33.4 Å². The third kappa shape index (κ3) is 2.91. The Labute approximate surface area is 87.6 Å². The van der Waals surface area contributed by atoms with E-state index in [4.69, 9.17) is 33.4 Å². The fraction of sp³-hybridized carbons (Fsp3) is 1.00. The van der Waals surface area contributed by atoms with Crippen LogP contribution in [0.25, 0.3) is 0 Å². The summed E-state index contributed by atoms with van der Waals surface area (Å²) in [4.78, 5) is 0. The number of aliphatic hydroxyl groups excluding tert-OH is 2. The predicted octanol–water partition coefficient (Wildman–Crippen LogP) is -2.21. The summed E-state index contributed by atoms with van der Waals surface area (Å²) in [6, 6.07) is 0. The number of hydrogen-bond donors (Lipinski definition) is 2. The molecule has 0 aromatic heterocycles. The molecule has 2 atom stereocenters. The van der Waals surface area contributed by atoms with Crippen LogP contribution in [0.15, 0.2) is 0 Å². The number of rotatable bonds is 4. The van der Waals surface area contributed by atoms with Crippen LogP contribution in [0.5, 0.6) is 0 Å². The number of aliphatic hydroxyl groups is 2. The minimum absolute atomic E-state index is 0.120. The van der Waals surface area contributed by atoms with Gasteiger partial charge in [-0.3, -0.25) is 0 Å². The van der Waals surface area contributed by atoms with E-state index in [0.717, 1.165) is 0 Å². The Balaban J connectivity index is 1.70. The van der Waals surface area contributed by atoms with Crippen molar-refractivity contribution in [2.45, 2.75) is 12.2 Å². The SMILES string of the molecule is OC[C@@H]1COB(OB2OC[C@@H](CO)O2)O1. The van der Waals surface area contributed by atoms with Gasteiger partial charge in [0.2, 0.25) is 0 Å². The molecule has 0 aromatic rings. The highest BCUT2D eigenvalue weighted by Gasteiger charge is 2.42. The van der Waals surface area contributed by atoms with E-state index in [1.54, 1.807) is 0 Å². The molecule has 2 aliphatic heterocycles. The first-order valence-corrected chi connectivity index (χ1v) is 4.73. The second kappa shape index (κ2) is 5.26. The standard InChI is InChI=1S/C6H12B2O7/c9-1-5-3-11-7(13-5)15-8-12-4-6(2-10)14-8/h5-6,9-10H,1-4H2/t5-,6-/m1/s1. The summed E-state index contributed by atoms with van der Waals surface area (Å²) in [6.07, 6.45) is -0.741. The van der Waals surface area contributed by atoms with Gasteiger partial charge in [0.1, 0.15) is 0 Å². The zero-order chi connectivity index (χ0) is 10.7. The van der Waals surface area contributed by atoms with Crippen molar-refractivity contribution >= 4 is 14.6 Å². The van der Waals surface area contributed by atoms with Crippen molar-refractivity contribution in [3.05, 3.63) is 0 Å². The molecule has 2 N–H and O–H groups in total. The van der Waals surface area contributed by atoms with E-state index >= 15 is 0 Å². The first-order chi connectivity index (χ1) is 7.31. The first-order valence-electron chi connectivity index (χ1n) is 4.73. The summed E-state index contributed by atoms with van der Waals surface area (Å²) in [5, 5.41) is 17.5. The highest BCUT2D eigenvalue weighted by atomic mass is 16.8. The number of hydrogen-bond acceptors (Lipinski definition) is 7. The molecular formula is C6H12B2O7. The van der Waals surface area contributed by atoms with E-state index < -0.39 is 14.6 Å². The Morgan fingerprint density at radius 2 is 1.47 bits per heavy atom. The zero-order valence-electron chi connectivity index (χ0n) is 8.07. The Bertz CT molecular complexity index is 186. The molecule has 15 heavy (non-hydrogen) atoms. The molecule has 0 radical (unpaired) electrons. The molecule has 0 aliphatic carbocycles. The Morgan fingerprint density at radius 3 is 1.80 bits per heavy atom. The van der Waals surface area contributed by atoms with Crippen LogP contribution in [0, 0.1) is 0 Å². The molecule has 0 aromatic carbocycles. The minimum atomic E-state index is -0.885. The van der Waals surface area contributed by atoms with Gasteiger partial charge in [-0.2, -0.15) is 0 Å². The lowest BCUT2D eigenvalue weighted by atomic mass is 10.1. The van der Waals surface area contributed by atoms with Crippen LogP contribution >= 0.6 is 0 Å². The van der Waals surface area contributed by atoms with Crippen LogP contribution in [0.3, 0.4) is 0 Å². The van der Waals surface area contributed by atoms with Crippen molar-refractivity contribution in [1.29, 1.82) is 0 Å². The third-order valence-electron chi connectivity index (χ3n) is 2.07. The molecule has 0 bridgehead atoms. The second-order valence-electron chi connectivity index (χ2n) is 3.26. The summed E-state index contributed by atoms with van der Waals surface area (Å²) in [6.45, 7) is 0.311. The monoisotopic (exact) mass is 218 g/mol. The molecule has 0 saturated carbocycles. The first kappa shape index (κ1) is 11.3. The third-order valence-corrected chi connectivity index (χ3v) is 2.07. The molecule has 0 amide bonds. The van der Waals surface area contributed by atoms with Gasteiger partial charge in [0, 0.05) is 0 Å². The lowest BCUT2D eigenvalue weighted by molar-refractivity contribution is 0.111. The summed E-state index contributed by atoms with van der Waals surface area (Å²) < 4.78 is 25.5. The molecule has 0 unspecified atom stereocenters. The predicted molar refractivity (Wildman–Crippen MR) is 48.4 cm³/mol. The molecule has 2 fully saturated rings. The van der Waals surface area contributed by atoms with Gasteiger partial charge in [0.15, 0.2) is 0 Å². The molecule has 84 valence electrons. The van der Waals surface area contributed by atoms with Crippen molar-refractivity contribution in [2.75, 3.05) is 26.4 Å².